The maximum atomic E-state index is 14.1. The number of carbonyl (C=O) groups is 3. The van der Waals surface area contributed by atoms with Crippen LogP contribution in [0.4, 0.5) is 0 Å². The molecule has 9 nitrogen and oxygen atoms in total. The fraction of sp³-hybridized carbons (Fsp3) is 0.417. The predicted octanol–water partition coefficient (Wildman–Crippen LogP) is 5.74. The van der Waals surface area contributed by atoms with Crippen LogP contribution in [0.2, 0.25) is 0 Å². The Labute approximate surface area is 263 Å². The van der Waals surface area contributed by atoms with E-state index in [-0.39, 0.29) is 36.1 Å². The molecule has 0 radical (unpaired) electrons. The second-order valence-corrected chi connectivity index (χ2v) is 12.5. The molecule has 236 valence electrons. The van der Waals surface area contributed by atoms with Crippen LogP contribution in [0.5, 0.6) is 0 Å². The van der Waals surface area contributed by atoms with Crippen molar-refractivity contribution >= 4 is 41.5 Å². The highest BCUT2D eigenvalue weighted by Crippen LogP contribution is 2.48. The molecule has 1 aliphatic carbocycles. The third-order valence-electron chi connectivity index (χ3n) is 10.3. The molecule has 1 saturated heterocycles. The van der Waals surface area contributed by atoms with Gasteiger partial charge in [0.1, 0.15) is 5.92 Å². The van der Waals surface area contributed by atoms with Crippen LogP contribution in [0.3, 0.4) is 0 Å². The first kappa shape index (κ1) is 30.5. The van der Waals surface area contributed by atoms with Gasteiger partial charge in [0.25, 0.3) is 0 Å². The lowest BCUT2D eigenvalue weighted by Crippen LogP contribution is -2.26. The molecule has 45 heavy (non-hydrogen) atoms. The molecule has 0 saturated carbocycles. The quantitative estimate of drug-likeness (QED) is 0.243. The van der Waals surface area contributed by atoms with E-state index < -0.39 is 11.9 Å². The molecular formula is C36H42N4O5. The molecule has 9 heteroatoms. The molecular weight excluding hydrogens is 568 g/mol. The summed E-state index contributed by atoms with van der Waals surface area (Å²) in [4.78, 5) is 47.0. The Balaban J connectivity index is 1.65. The molecule has 2 aromatic heterocycles. The van der Waals surface area contributed by atoms with Gasteiger partial charge >= 0.3 is 11.9 Å². The van der Waals surface area contributed by atoms with Crippen LogP contribution in [-0.4, -0.2) is 48.0 Å². The zero-order valence-electron chi connectivity index (χ0n) is 27.1. The summed E-state index contributed by atoms with van der Waals surface area (Å²) in [5.74, 6) is -2.53. The Bertz CT molecular complexity index is 1780. The Hall–Kier alpha value is -4.53. The van der Waals surface area contributed by atoms with E-state index in [9.17, 15) is 14.4 Å². The molecule has 2 aromatic rings. The second kappa shape index (κ2) is 11.4. The Kier molecular flexibility index (Phi) is 7.75. The Morgan fingerprint density at radius 3 is 2.47 bits per heavy atom. The number of fused-ring (bicyclic) bond motifs is 7. The number of allylic oxidation sites excluding steroid dienone is 3. The number of methoxy groups -OCH3 is 2. The van der Waals surface area contributed by atoms with Crippen molar-refractivity contribution in [2.75, 3.05) is 14.2 Å². The van der Waals surface area contributed by atoms with E-state index in [2.05, 4.69) is 67.0 Å². The van der Waals surface area contributed by atoms with Crippen molar-refractivity contribution in [2.45, 2.75) is 66.3 Å². The molecule has 5 heterocycles. The average molecular weight is 611 g/mol. The molecule has 8 bridgehead atoms. The lowest BCUT2D eigenvalue weighted by atomic mass is 9.85. The summed E-state index contributed by atoms with van der Waals surface area (Å²) in [6, 6.07) is 0.0945. The fourth-order valence-corrected chi connectivity index (χ4v) is 7.74. The minimum absolute atomic E-state index is 0.0452. The van der Waals surface area contributed by atoms with Crippen LogP contribution < -0.4 is 10.6 Å². The molecule has 1 unspecified atom stereocenters. The first-order valence-corrected chi connectivity index (χ1v) is 15.7. The van der Waals surface area contributed by atoms with Crippen LogP contribution in [0.25, 0.3) is 23.8 Å². The van der Waals surface area contributed by atoms with Gasteiger partial charge in [0.2, 0.25) is 0 Å². The van der Waals surface area contributed by atoms with Crippen LogP contribution in [0.15, 0.2) is 34.8 Å². The number of Topliss-reactive ketones (excluding diaryl/α,β-unsaturated/α-hetero) is 1. The van der Waals surface area contributed by atoms with Crippen LogP contribution >= 0.6 is 0 Å². The number of esters is 2. The summed E-state index contributed by atoms with van der Waals surface area (Å²) in [5, 5.41) is 7.40. The molecule has 6 rings (SSSR count). The van der Waals surface area contributed by atoms with Crippen molar-refractivity contribution in [1.82, 2.24) is 20.6 Å². The van der Waals surface area contributed by atoms with E-state index in [1.807, 2.05) is 13.0 Å². The van der Waals surface area contributed by atoms with E-state index in [0.29, 0.717) is 23.3 Å². The second-order valence-electron chi connectivity index (χ2n) is 12.5. The van der Waals surface area contributed by atoms with Crippen molar-refractivity contribution in [3.8, 4) is 0 Å². The third kappa shape index (κ3) is 4.71. The highest BCUT2D eigenvalue weighted by molar-refractivity contribution is 6.24. The van der Waals surface area contributed by atoms with Gasteiger partial charge in [-0.2, -0.15) is 0 Å². The number of hydrogen-bond donors (Lipinski definition) is 4. The highest BCUT2D eigenvalue weighted by Gasteiger charge is 2.48. The van der Waals surface area contributed by atoms with E-state index >= 15 is 0 Å². The summed E-state index contributed by atoms with van der Waals surface area (Å²) in [7, 11) is 2.69. The SMILES string of the molecule is C=Cc1c2[nH]c(c1C)/C=C1\N/C(=C3\c4[nH]c(c(C)c4C(=O)[C@@H]3C(=O)OC)/C=C3\NC(C2)C(C)=C3CC)[C@@H](CCC(=O)OC)[C@@H]1C. The Morgan fingerprint density at radius 1 is 1.07 bits per heavy atom. The van der Waals surface area contributed by atoms with Crippen molar-refractivity contribution in [2.24, 2.45) is 17.8 Å². The summed E-state index contributed by atoms with van der Waals surface area (Å²) >= 11 is 0. The number of ketones is 1. The van der Waals surface area contributed by atoms with Crippen molar-refractivity contribution < 1.29 is 23.9 Å². The smallest absolute Gasteiger partial charge is 0.321 e. The standard InChI is InChI=1S/C36H42N4O5/c1-9-20-16(3)23-13-25-18(5)22(11-12-29(41)44-7)33(39-25)31-32(36(43)45-8)35(42)30-19(6)26(40-34(30)31)15-28-21(10-2)17(4)24(38-28)14-27(20)37-23/h9,13,15,18,22,24,32,37-40H,1,10-12,14H2,2-8H3/b25-13-,28-15-,33-31-/t18-,22-,24?,32+/m0/s1. The van der Waals surface area contributed by atoms with E-state index in [0.717, 1.165) is 63.7 Å². The van der Waals surface area contributed by atoms with E-state index in [1.165, 1.54) is 25.4 Å². The topological polar surface area (TPSA) is 125 Å². The van der Waals surface area contributed by atoms with Gasteiger partial charge in [-0.1, -0.05) is 26.5 Å². The number of carbonyl (C=O) groups excluding carboxylic acids is 3. The number of H-pyrrole nitrogens is 2. The highest BCUT2D eigenvalue weighted by atomic mass is 16.5. The minimum atomic E-state index is -1.11. The first-order chi connectivity index (χ1) is 21.5. The van der Waals surface area contributed by atoms with Gasteiger partial charge in [0.05, 0.1) is 26.0 Å². The minimum Gasteiger partial charge on any atom is -0.469 e. The molecule has 4 N–H and O–H groups in total. The van der Waals surface area contributed by atoms with Crippen LogP contribution in [-0.2, 0) is 25.5 Å². The molecule has 4 aliphatic rings. The fourth-order valence-electron chi connectivity index (χ4n) is 7.74. The molecule has 3 aliphatic heterocycles. The maximum absolute atomic E-state index is 14.1. The van der Waals surface area contributed by atoms with Gasteiger partial charge in [-0.15, -0.1) is 0 Å². The summed E-state index contributed by atoms with van der Waals surface area (Å²) in [5.41, 5.74) is 12.9. The lowest BCUT2D eigenvalue weighted by Gasteiger charge is -2.19. The predicted molar refractivity (Wildman–Crippen MR) is 175 cm³/mol. The largest absolute Gasteiger partial charge is 0.469 e. The van der Waals surface area contributed by atoms with E-state index in [4.69, 9.17) is 9.47 Å². The average Bonchev–Trinajstić information content (AvgIpc) is 3.76. The number of aromatic amines is 2. The zero-order valence-corrected chi connectivity index (χ0v) is 27.1. The molecule has 0 amide bonds. The number of hydrogen-bond acceptors (Lipinski definition) is 7. The summed E-state index contributed by atoms with van der Waals surface area (Å²) < 4.78 is 10.2. The van der Waals surface area contributed by atoms with Gasteiger partial charge in [0.15, 0.2) is 5.78 Å². The van der Waals surface area contributed by atoms with E-state index in [1.54, 1.807) is 0 Å². The van der Waals surface area contributed by atoms with Gasteiger partial charge in [-0.3, -0.25) is 14.4 Å². The van der Waals surface area contributed by atoms with Crippen LogP contribution in [0, 0.1) is 31.6 Å². The van der Waals surface area contributed by atoms with Gasteiger partial charge in [0, 0.05) is 70.0 Å². The van der Waals surface area contributed by atoms with Crippen molar-refractivity contribution in [3.05, 3.63) is 79.8 Å². The number of aromatic nitrogens is 2. The van der Waals surface area contributed by atoms with Crippen LogP contribution in [0.1, 0.15) is 89.9 Å². The molecule has 0 spiro atoms. The third-order valence-corrected chi connectivity index (χ3v) is 10.3. The molecule has 1 fully saturated rings. The van der Waals surface area contributed by atoms with Crippen molar-refractivity contribution in [1.29, 1.82) is 0 Å². The van der Waals surface area contributed by atoms with Gasteiger partial charge in [-0.05, 0) is 73.6 Å². The maximum Gasteiger partial charge on any atom is 0.321 e. The summed E-state index contributed by atoms with van der Waals surface area (Å²) in [6.45, 7) is 14.6. The van der Waals surface area contributed by atoms with Crippen molar-refractivity contribution in [3.63, 3.8) is 0 Å². The monoisotopic (exact) mass is 610 g/mol. The normalized spacial score (nSPS) is 27.4. The Morgan fingerprint density at radius 2 is 1.80 bits per heavy atom. The van der Waals surface area contributed by atoms with Gasteiger partial charge in [-0.25, -0.2) is 0 Å². The number of ether oxygens (including phenoxy) is 2. The zero-order chi connectivity index (χ0) is 32.3. The first-order valence-electron chi connectivity index (χ1n) is 15.7. The molecule has 4 atom stereocenters. The molecule has 0 aromatic carbocycles. The number of nitrogens with one attached hydrogen (secondary N) is 4. The van der Waals surface area contributed by atoms with Gasteiger partial charge < -0.3 is 30.1 Å². The lowest BCUT2D eigenvalue weighted by molar-refractivity contribution is -0.142. The number of rotatable bonds is 6. The summed E-state index contributed by atoms with van der Waals surface area (Å²) in [6.07, 6.45) is 8.42.